The van der Waals surface area contributed by atoms with E-state index in [-0.39, 0.29) is 0 Å². The quantitative estimate of drug-likeness (QED) is 0.638. The molecule has 0 spiro atoms. The van der Waals surface area contributed by atoms with E-state index in [0.29, 0.717) is 0 Å². The molecule has 3 N–H and O–H groups in total. The molecule has 0 atom stereocenters. The van der Waals surface area contributed by atoms with Gasteiger partial charge in [-0.2, -0.15) is 0 Å². The Hall–Kier alpha value is -1.45. The molecule has 2 aromatic rings. The minimum absolute atomic E-state index is 0.818. The third-order valence-electron chi connectivity index (χ3n) is 2.77. The van der Waals surface area contributed by atoms with Crippen molar-refractivity contribution in [2.24, 2.45) is 0 Å². The van der Waals surface area contributed by atoms with Crippen molar-refractivity contribution in [1.82, 2.24) is 5.32 Å². The normalized spacial score (nSPS) is 10.5. The van der Waals surface area contributed by atoms with Crippen LogP contribution < -0.4 is 11.1 Å². The molecule has 94 valence electrons. The highest BCUT2D eigenvalue weighted by molar-refractivity contribution is 7.98. The molecular weight excluding hydrogens is 240 g/mol. The van der Waals surface area contributed by atoms with E-state index in [2.05, 4.69) is 41.9 Å². The molecule has 0 saturated carbocycles. The zero-order valence-electron chi connectivity index (χ0n) is 10.5. The molecule has 18 heavy (non-hydrogen) atoms. The van der Waals surface area contributed by atoms with Crippen LogP contribution in [0.1, 0.15) is 11.1 Å². The number of anilines is 1. The summed E-state index contributed by atoms with van der Waals surface area (Å²) >= 11 is 1.77. The Kier molecular flexibility index (Phi) is 4.67. The van der Waals surface area contributed by atoms with Crippen LogP contribution in [0.2, 0.25) is 0 Å². The van der Waals surface area contributed by atoms with E-state index in [1.807, 2.05) is 18.2 Å². The third-order valence-corrected chi connectivity index (χ3v) is 3.51. The Balaban J connectivity index is 1.84. The largest absolute Gasteiger partial charge is 0.399 e. The summed E-state index contributed by atoms with van der Waals surface area (Å²) in [5, 5.41) is 3.42. The number of hydrogen-bond acceptors (Lipinski definition) is 3. The van der Waals surface area contributed by atoms with Gasteiger partial charge in [0, 0.05) is 23.7 Å². The molecule has 0 aliphatic rings. The van der Waals surface area contributed by atoms with Crippen molar-refractivity contribution < 1.29 is 0 Å². The summed E-state index contributed by atoms with van der Waals surface area (Å²) in [7, 11) is 0. The molecule has 0 aliphatic carbocycles. The van der Waals surface area contributed by atoms with Crippen LogP contribution in [-0.2, 0) is 13.1 Å². The van der Waals surface area contributed by atoms with Gasteiger partial charge in [0.15, 0.2) is 0 Å². The van der Waals surface area contributed by atoms with Crippen molar-refractivity contribution >= 4 is 17.4 Å². The summed E-state index contributed by atoms with van der Waals surface area (Å²) in [4.78, 5) is 1.30. The fourth-order valence-electron chi connectivity index (χ4n) is 1.80. The van der Waals surface area contributed by atoms with Crippen molar-refractivity contribution in [3.63, 3.8) is 0 Å². The number of benzene rings is 2. The smallest absolute Gasteiger partial charge is 0.0317 e. The van der Waals surface area contributed by atoms with Gasteiger partial charge in [0.1, 0.15) is 0 Å². The first-order chi connectivity index (χ1) is 8.78. The van der Waals surface area contributed by atoms with Gasteiger partial charge in [0.05, 0.1) is 0 Å². The second kappa shape index (κ2) is 6.47. The molecule has 2 rings (SSSR count). The average Bonchev–Trinajstić information content (AvgIpc) is 2.40. The molecular formula is C15H18N2S. The molecule has 3 heteroatoms. The molecule has 0 saturated heterocycles. The summed E-state index contributed by atoms with van der Waals surface area (Å²) in [5.41, 5.74) is 9.08. The monoisotopic (exact) mass is 258 g/mol. The van der Waals surface area contributed by atoms with Gasteiger partial charge in [-0.15, -0.1) is 11.8 Å². The minimum Gasteiger partial charge on any atom is -0.399 e. The number of hydrogen-bond donors (Lipinski definition) is 2. The second-order valence-corrected chi connectivity index (χ2v) is 5.08. The second-order valence-electron chi connectivity index (χ2n) is 4.20. The zero-order chi connectivity index (χ0) is 12.8. The van der Waals surface area contributed by atoms with Crippen molar-refractivity contribution in [1.29, 1.82) is 0 Å². The van der Waals surface area contributed by atoms with Crippen LogP contribution >= 0.6 is 11.8 Å². The van der Waals surface area contributed by atoms with Crippen LogP contribution in [0.4, 0.5) is 5.69 Å². The van der Waals surface area contributed by atoms with Gasteiger partial charge in [-0.05, 0) is 41.6 Å². The molecule has 0 heterocycles. The summed E-state index contributed by atoms with van der Waals surface area (Å²) in [5.74, 6) is 0. The van der Waals surface area contributed by atoms with Gasteiger partial charge in [-0.25, -0.2) is 0 Å². The van der Waals surface area contributed by atoms with Crippen LogP contribution in [-0.4, -0.2) is 6.26 Å². The van der Waals surface area contributed by atoms with Crippen molar-refractivity contribution in [3.8, 4) is 0 Å². The molecule has 0 bridgehead atoms. The Morgan fingerprint density at radius 3 is 2.39 bits per heavy atom. The number of nitrogens with two attached hydrogens (primary N) is 1. The fourth-order valence-corrected chi connectivity index (χ4v) is 2.21. The zero-order valence-corrected chi connectivity index (χ0v) is 11.3. The number of thioether (sulfide) groups is 1. The first-order valence-electron chi connectivity index (χ1n) is 5.96. The third kappa shape index (κ3) is 3.79. The van der Waals surface area contributed by atoms with E-state index in [4.69, 9.17) is 5.73 Å². The maximum absolute atomic E-state index is 5.74. The first kappa shape index (κ1) is 13.0. The van der Waals surface area contributed by atoms with E-state index in [1.54, 1.807) is 11.8 Å². The van der Waals surface area contributed by atoms with Crippen LogP contribution in [0.3, 0.4) is 0 Å². The Bertz CT molecular complexity index is 494. The summed E-state index contributed by atoms with van der Waals surface area (Å²) in [6.07, 6.45) is 2.09. The maximum Gasteiger partial charge on any atom is 0.0317 e. The SMILES string of the molecule is CSc1ccc(CNCc2cccc(N)c2)cc1. The summed E-state index contributed by atoms with van der Waals surface area (Å²) in [6.45, 7) is 1.72. The Morgan fingerprint density at radius 2 is 1.72 bits per heavy atom. The van der Waals surface area contributed by atoms with Gasteiger partial charge in [-0.3, -0.25) is 0 Å². The fraction of sp³-hybridized carbons (Fsp3) is 0.200. The van der Waals surface area contributed by atoms with E-state index < -0.39 is 0 Å². The van der Waals surface area contributed by atoms with Gasteiger partial charge in [-0.1, -0.05) is 24.3 Å². The lowest BCUT2D eigenvalue weighted by molar-refractivity contribution is 0.693. The van der Waals surface area contributed by atoms with Crippen molar-refractivity contribution in [2.45, 2.75) is 18.0 Å². The minimum atomic E-state index is 0.818. The number of rotatable bonds is 5. The van der Waals surface area contributed by atoms with Gasteiger partial charge in [0.25, 0.3) is 0 Å². The number of nitrogen functional groups attached to an aromatic ring is 1. The van der Waals surface area contributed by atoms with E-state index >= 15 is 0 Å². The summed E-state index contributed by atoms with van der Waals surface area (Å²) in [6, 6.07) is 16.6. The topological polar surface area (TPSA) is 38.0 Å². The molecule has 2 nitrogen and oxygen atoms in total. The first-order valence-corrected chi connectivity index (χ1v) is 7.18. The molecule has 0 unspecified atom stereocenters. The van der Waals surface area contributed by atoms with E-state index in [1.165, 1.54) is 16.0 Å². The highest BCUT2D eigenvalue weighted by Crippen LogP contribution is 2.14. The van der Waals surface area contributed by atoms with Gasteiger partial charge < -0.3 is 11.1 Å². The highest BCUT2D eigenvalue weighted by Gasteiger charge is 1.96. The van der Waals surface area contributed by atoms with Crippen molar-refractivity contribution in [3.05, 3.63) is 59.7 Å². The molecule has 0 aromatic heterocycles. The molecule has 0 radical (unpaired) electrons. The van der Waals surface area contributed by atoms with Crippen LogP contribution in [0.5, 0.6) is 0 Å². The van der Waals surface area contributed by atoms with Crippen LogP contribution in [0.15, 0.2) is 53.4 Å². The molecule has 0 aliphatic heterocycles. The standard InChI is InChI=1S/C15H18N2S/c1-18-15-7-5-12(6-8-15)10-17-11-13-3-2-4-14(16)9-13/h2-9,17H,10-11,16H2,1H3. The highest BCUT2D eigenvalue weighted by atomic mass is 32.2. The van der Waals surface area contributed by atoms with Crippen LogP contribution in [0.25, 0.3) is 0 Å². The molecule has 0 fully saturated rings. The summed E-state index contributed by atoms with van der Waals surface area (Å²) < 4.78 is 0. The predicted octanol–water partition coefficient (Wildman–Crippen LogP) is 3.28. The molecule has 0 amide bonds. The number of nitrogens with one attached hydrogen (secondary N) is 1. The Morgan fingerprint density at radius 1 is 1.00 bits per heavy atom. The molecule has 2 aromatic carbocycles. The lowest BCUT2D eigenvalue weighted by Gasteiger charge is -2.06. The lowest BCUT2D eigenvalue weighted by Crippen LogP contribution is -2.12. The average molecular weight is 258 g/mol. The Labute approximate surface area is 113 Å². The van der Waals surface area contributed by atoms with E-state index in [9.17, 15) is 0 Å². The van der Waals surface area contributed by atoms with Crippen molar-refractivity contribution in [2.75, 3.05) is 12.0 Å². The lowest BCUT2D eigenvalue weighted by atomic mass is 10.2. The maximum atomic E-state index is 5.74. The van der Waals surface area contributed by atoms with Gasteiger partial charge >= 0.3 is 0 Å². The van der Waals surface area contributed by atoms with Gasteiger partial charge in [0.2, 0.25) is 0 Å². The van der Waals surface area contributed by atoms with Crippen LogP contribution in [0, 0.1) is 0 Å². The van der Waals surface area contributed by atoms with E-state index in [0.717, 1.165) is 18.8 Å². The predicted molar refractivity (Wildman–Crippen MR) is 79.6 cm³/mol.